The van der Waals surface area contributed by atoms with E-state index in [4.69, 9.17) is 0 Å². The second kappa shape index (κ2) is 5.05. The fraction of sp³-hybridized carbons (Fsp3) is 0.188. The van der Waals surface area contributed by atoms with E-state index in [1.807, 2.05) is 42.5 Å². The second-order valence-electron chi connectivity index (χ2n) is 4.56. The standard InChI is InChI=1S/C16H17NO/c1-11-9-15(10-12(2)13(11)3)17-16(18)14-7-5-4-6-8-14/h4-10H,1-3H3,(H,17,18). The van der Waals surface area contributed by atoms with Crippen LogP contribution in [0.5, 0.6) is 0 Å². The van der Waals surface area contributed by atoms with Gasteiger partial charge in [0.2, 0.25) is 0 Å². The van der Waals surface area contributed by atoms with E-state index in [2.05, 4.69) is 26.1 Å². The van der Waals surface area contributed by atoms with Crippen LogP contribution in [0.3, 0.4) is 0 Å². The van der Waals surface area contributed by atoms with Gasteiger partial charge in [0.1, 0.15) is 0 Å². The van der Waals surface area contributed by atoms with Gasteiger partial charge in [0, 0.05) is 11.3 Å². The van der Waals surface area contributed by atoms with Crippen molar-refractivity contribution in [2.24, 2.45) is 0 Å². The van der Waals surface area contributed by atoms with Crippen molar-refractivity contribution in [1.29, 1.82) is 0 Å². The Hall–Kier alpha value is -2.09. The molecule has 0 aliphatic carbocycles. The molecule has 1 amide bonds. The minimum atomic E-state index is -0.0711. The first-order chi connectivity index (χ1) is 8.58. The molecule has 2 aromatic carbocycles. The summed E-state index contributed by atoms with van der Waals surface area (Å²) in [5, 5.41) is 2.93. The van der Waals surface area contributed by atoms with Crippen molar-refractivity contribution < 1.29 is 4.79 Å². The fourth-order valence-corrected chi connectivity index (χ4v) is 1.90. The molecule has 0 unspecified atom stereocenters. The molecule has 0 atom stereocenters. The predicted molar refractivity (Wildman–Crippen MR) is 75.0 cm³/mol. The van der Waals surface area contributed by atoms with Crippen molar-refractivity contribution in [2.75, 3.05) is 5.32 Å². The molecular weight excluding hydrogens is 222 g/mol. The molecule has 0 fully saturated rings. The first kappa shape index (κ1) is 12.4. The summed E-state index contributed by atoms with van der Waals surface area (Å²) in [6.45, 7) is 6.20. The highest BCUT2D eigenvalue weighted by atomic mass is 16.1. The van der Waals surface area contributed by atoms with Gasteiger partial charge in [-0.1, -0.05) is 18.2 Å². The Kier molecular flexibility index (Phi) is 3.47. The van der Waals surface area contributed by atoms with Crippen LogP contribution >= 0.6 is 0 Å². The smallest absolute Gasteiger partial charge is 0.255 e. The van der Waals surface area contributed by atoms with Crippen LogP contribution in [-0.4, -0.2) is 5.91 Å². The van der Waals surface area contributed by atoms with E-state index in [0.717, 1.165) is 5.69 Å². The van der Waals surface area contributed by atoms with Gasteiger partial charge in [-0.2, -0.15) is 0 Å². The van der Waals surface area contributed by atoms with Gasteiger partial charge in [-0.05, 0) is 61.7 Å². The lowest BCUT2D eigenvalue weighted by molar-refractivity contribution is 0.102. The molecule has 0 radical (unpaired) electrons. The maximum absolute atomic E-state index is 12.0. The molecule has 2 rings (SSSR count). The third-order valence-electron chi connectivity index (χ3n) is 3.22. The Labute approximate surface area is 108 Å². The molecule has 1 N–H and O–H groups in total. The summed E-state index contributed by atoms with van der Waals surface area (Å²) < 4.78 is 0. The second-order valence-corrected chi connectivity index (χ2v) is 4.56. The molecular formula is C16H17NO. The summed E-state index contributed by atoms with van der Waals surface area (Å²) >= 11 is 0. The number of rotatable bonds is 2. The van der Waals surface area contributed by atoms with Gasteiger partial charge in [-0.3, -0.25) is 4.79 Å². The van der Waals surface area contributed by atoms with E-state index >= 15 is 0 Å². The molecule has 18 heavy (non-hydrogen) atoms. The SMILES string of the molecule is Cc1cc(NC(=O)c2ccccc2)cc(C)c1C. The lowest BCUT2D eigenvalue weighted by atomic mass is 10.0. The first-order valence-electron chi connectivity index (χ1n) is 6.02. The van der Waals surface area contributed by atoms with Crippen LogP contribution in [0, 0.1) is 20.8 Å². The van der Waals surface area contributed by atoms with Gasteiger partial charge in [-0.25, -0.2) is 0 Å². The van der Waals surface area contributed by atoms with Gasteiger partial charge >= 0.3 is 0 Å². The highest BCUT2D eigenvalue weighted by Crippen LogP contribution is 2.19. The van der Waals surface area contributed by atoms with Gasteiger partial charge in [0.15, 0.2) is 0 Å². The summed E-state index contributed by atoms with van der Waals surface area (Å²) in [4.78, 5) is 12.0. The number of carbonyl (C=O) groups excluding carboxylic acids is 1. The molecule has 0 heterocycles. The molecule has 0 aliphatic rings. The van der Waals surface area contributed by atoms with Crippen molar-refractivity contribution >= 4 is 11.6 Å². The highest BCUT2D eigenvalue weighted by Gasteiger charge is 2.07. The number of aryl methyl sites for hydroxylation is 2. The Morgan fingerprint density at radius 1 is 0.944 bits per heavy atom. The summed E-state index contributed by atoms with van der Waals surface area (Å²) in [5.41, 5.74) is 5.18. The number of hydrogen-bond acceptors (Lipinski definition) is 1. The average molecular weight is 239 g/mol. The molecule has 2 heteroatoms. The Morgan fingerprint density at radius 3 is 2.06 bits per heavy atom. The van der Waals surface area contributed by atoms with Crippen LogP contribution in [0.2, 0.25) is 0 Å². The van der Waals surface area contributed by atoms with E-state index in [-0.39, 0.29) is 5.91 Å². The summed E-state index contributed by atoms with van der Waals surface area (Å²) in [6.07, 6.45) is 0. The molecule has 0 aromatic heterocycles. The van der Waals surface area contributed by atoms with E-state index in [1.54, 1.807) is 0 Å². The maximum Gasteiger partial charge on any atom is 0.255 e. The van der Waals surface area contributed by atoms with Crippen molar-refractivity contribution in [3.63, 3.8) is 0 Å². The third kappa shape index (κ3) is 2.59. The van der Waals surface area contributed by atoms with Crippen LogP contribution in [0.15, 0.2) is 42.5 Å². The van der Waals surface area contributed by atoms with Crippen LogP contribution < -0.4 is 5.32 Å². The van der Waals surface area contributed by atoms with Gasteiger partial charge in [0.05, 0.1) is 0 Å². The van der Waals surface area contributed by atoms with Gasteiger partial charge < -0.3 is 5.32 Å². The van der Waals surface area contributed by atoms with Gasteiger partial charge in [0.25, 0.3) is 5.91 Å². The van der Waals surface area contributed by atoms with Crippen LogP contribution in [0.25, 0.3) is 0 Å². The quantitative estimate of drug-likeness (QED) is 0.847. The molecule has 0 bridgehead atoms. The average Bonchev–Trinajstić information content (AvgIpc) is 2.37. The van der Waals surface area contributed by atoms with Crippen LogP contribution in [0.4, 0.5) is 5.69 Å². The lowest BCUT2D eigenvalue weighted by Gasteiger charge is -2.10. The molecule has 0 spiro atoms. The van der Waals surface area contributed by atoms with Crippen molar-refractivity contribution in [3.8, 4) is 0 Å². The van der Waals surface area contributed by atoms with Crippen molar-refractivity contribution in [2.45, 2.75) is 20.8 Å². The Morgan fingerprint density at radius 2 is 1.50 bits per heavy atom. The number of nitrogens with one attached hydrogen (secondary N) is 1. The topological polar surface area (TPSA) is 29.1 Å². The zero-order valence-electron chi connectivity index (χ0n) is 10.9. The predicted octanol–water partition coefficient (Wildman–Crippen LogP) is 3.86. The number of hydrogen-bond donors (Lipinski definition) is 1. The van der Waals surface area contributed by atoms with E-state index in [9.17, 15) is 4.79 Å². The van der Waals surface area contributed by atoms with Crippen molar-refractivity contribution in [3.05, 3.63) is 64.7 Å². The number of amides is 1. The molecule has 2 aromatic rings. The zero-order chi connectivity index (χ0) is 13.1. The molecule has 0 saturated heterocycles. The fourth-order valence-electron chi connectivity index (χ4n) is 1.90. The van der Waals surface area contributed by atoms with E-state index < -0.39 is 0 Å². The van der Waals surface area contributed by atoms with Crippen molar-refractivity contribution in [1.82, 2.24) is 0 Å². The molecule has 92 valence electrons. The first-order valence-corrected chi connectivity index (χ1v) is 6.02. The molecule has 0 aliphatic heterocycles. The highest BCUT2D eigenvalue weighted by molar-refractivity contribution is 6.04. The molecule has 0 saturated carbocycles. The minimum absolute atomic E-state index is 0.0711. The summed E-state index contributed by atoms with van der Waals surface area (Å²) in [5.74, 6) is -0.0711. The number of anilines is 1. The monoisotopic (exact) mass is 239 g/mol. The van der Waals surface area contributed by atoms with Gasteiger partial charge in [-0.15, -0.1) is 0 Å². The largest absolute Gasteiger partial charge is 0.322 e. The zero-order valence-corrected chi connectivity index (χ0v) is 10.9. The lowest BCUT2D eigenvalue weighted by Crippen LogP contribution is -2.12. The normalized spacial score (nSPS) is 10.2. The Bertz CT molecular complexity index is 550. The van der Waals surface area contributed by atoms with E-state index in [0.29, 0.717) is 5.56 Å². The maximum atomic E-state index is 12.0. The summed E-state index contributed by atoms with van der Waals surface area (Å²) in [7, 11) is 0. The number of carbonyl (C=O) groups is 1. The Balaban J connectivity index is 2.23. The summed E-state index contributed by atoms with van der Waals surface area (Å²) in [6, 6.07) is 13.2. The van der Waals surface area contributed by atoms with Crippen LogP contribution in [0.1, 0.15) is 27.0 Å². The van der Waals surface area contributed by atoms with E-state index in [1.165, 1.54) is 16.7 Å². The van der Waals surface area contributed by atoms with Crippen LogP contribution in [-0.2, 0) is 0 Å². The number of benzene rings is 2. The minimum Gasteiger partial charge on any atom is -0.322 e. The molecule has 2 nitrogen and oxygen atoms in total. The third-order valence-corrected chi connectivity index (χ3v) is 3.22.